The Hall–Kier alpha value is -0.630. The summed E-state index contributed by atoms with van der Waals surface area (Å²) in [5.74, 6) is 0.216. The number of carbonyl (C=O) groups is 1. The number of aldehydes is 1. The van der Waals surface area contributed by atoms with Crippen molar-refractivity contribution in [2.45, 2.75) is 19.8 Å². The number of rotatable bonds is 4. The summed E-state index contributed by atoms with van der Waals surface area (Å²) >= 11 is 1.72. The largest absolute Gasteiger partial charge is 0.303 e. The Morgan fingerprint density at radius 3 is 3.00 bits per heavy atom. The Morgan fingerprint density at radius 1 is 1.73 bits per heavy atom. The van der Waals surface area contributed by atoms with Gasteiger partial charge in [-0.2, -0.15) is 0 Å². The molecule has 0 aliphatic carbocycles. The van der Waals surface area contributed by atoms with Gasteiger partial charge in [0.2, 0.25) is 0 Å². The summed E-state index contributed by atoms with van der Waals surface area (Å²) in [7, 11) is 0. The predicted molar refractivity (Wildman–Crippen MR) is 47.9 cm³/mol. The van der Waals surface area contributed by atoms with E-state index in [0.717, 1.165) is 19.1 Å². The van der Waals surface area contributed by atoms with Gasteiger partial charge in [0, 0.05) is 10.8 Å². The van der Waals surface area contributed by atoms with Crippen LogP contribution in [0.3, 0.4) is 0 Å². The van der Waals surface area contributed by atoms with Gasteiger partial charge in [-0.25, -0.2) is 0 Å². The van der Waals surface area contributed by atoms with Gasteiger partial charge in [-0.3, -0.25) is 0 Å². The van der Waals surface area contributed by atoms with Gasteiger partial charge in [0.15, 0.2) is 0 Å². The highest BCUT2D eigenvalue weighted by Crippen LogP contribution is 2.14. The number of hydrogen-bond donors (Lipinski definition) is 0. The highest BCUT2D eigenvalue weighted by Gasteiger charge is 2.05. The number of hydrogen-bond acceptors (Lipinski definition) is 2. The lowest BCUT2D eigenvalue weighted by molar-refractivity contribution is -0.111. The molecule has 2 heteroatoms. The molecule has 1 unspecified atom stereocenters. The number of thiophene rings is 1. The van der Waals surface area contributed by atoms with Crippen molar-refractivity contribution in [2.75, 3.05) is 0 Å². The number of carbonyl (C=O) groups excluding carboxylic acids is 1. The monoisotopic (exact) mass is 168 g/mol. The standard InChI is InChI=1S/C9H12OS/c1-2-8(7-10)6-9-4-3-5-11-9/h3-5,7-8H,2,6H2,1H3. The van der Waals surface area contributed by atoms with E-state index in [1.54, 1.807) is 11.3 Å². The van der Waals surface area contributed by atoms with Crippen LogP contribution in [0.25, 0.3) is 0 Å². The van der Waals surface area contributed by atoms with Gasteiger partial charge in [0.25, 0.3) is 0 Å². The molecule has 1 nitrogen and oxygen atoms in total. The first-order valence-corrected chi connectivity index (χ1v) is 4.72. The van der Waals surface area contributed by atoms with Crippen LogP contribution in [0.5, 0.6) is 0 Å². The second-order valence-electron chi connectivity index (χ2n) is 2.59. The van der Waals surface area contributed by atoms with E-state index in [1.165, 1.54) is 4.88 Å². The SMILES string of the molecule is CCC(C=O)Cc1cccs1. The average molecular weight is 168 g/mol. The summed E-state index contributed by atoms with van der Waals surface area (Å²) in [6.45, 7) is 2.05. The smallest absolute Gasteiger partial charge is 0.123 e. The van der Waals surface area contributed by atoms with Crippen LogP contribution in [0.1, 0.15) is 18.2 Å². The van der Waals surface area contributed by atoms with E-state index in [4.69, 9.17) is 0 Å². The lowest BCUT2D eigenvalue weighted by atomic mass is 10.0. The second kappa shape index (κ2) is 4.29. The van der Waals surface area contributed by atoms with Crippen molar-refractivity contribution < 1.29 is 4.79 Å². The molecule has 1 aromatic rings. The first kappa shape index (κ1) is 8.47. The minimum absolute atomic E-state index is 0.216. The normalized spacial score (nSPS) is 12.8. The van der Waals surface area contributed by atoms with Crippen molar-refractivity contribution >= 4 is 17.6 Å². The molecule has 0 saturated heterocycles. The highest BCUT2D eigenvalue weighted by atomic mass is 32.1. The quantitative estimate of drug-likeness (QED) is 0.631. The Morgan fingerprint density at radius 2 is 2.55 bits per heavy atom. The summed E-state index contributed by atoms with van der Waals surface area (Å²) in [4.78, 5) is 11.8. The molecular weight excluding hydrogens is 156 g/mol. The van der Waals surface area contributed by atoms with E-state index in [1.807, 2.05) is 18.4 Å². The van der Waals surface area contributed by atoms with E-state index in [9.17, 15) is 4.79 Å². The van der Waals surface area contributed by atoms with Gasteiger partial charge in [-0.05, 0) is 24.3 Å². The Labute approximate surface area is 71.1 Å². The molecule has 0 saturated carbocycles. The van der Waals surface area contributed by atoms with Gasteiger partial charge in [-0.15, -0.1) is 11.3 Å². The topological polar surface area (TPSA) is 17.1 Å². The van der Waals surface area contributed by atoms with Crippen LogP contribution in [0.4, 0.5) is 0 Å². The van der Waals surface area contributed by atoms with E-state index < -0.39 is 0 Å². The molecule has 0 radical (unpaired) electrons. The van der Waals surface area contributed by atoms with Crippen molar-refractivity contribution in [1.29, 1.82) is 0 Å². The summed E-state index contributed by atoms with van der Waals surface area (Å²) in [5.41, 5.74) is 0. The van der Waals surface area contributed by atoms with E-state index in [2.05, 4.69) is 6.07 Å². The lowest BCUT2D eigenvalue weighted by Crippen LogP contribution is -2.02. The van der Waals surface area contributed by atoms with Gasteiger partial charge >= 0.3 is 0 Å². The molecule has 0 aromatic carbocycles. The van der Waals surface area contributed by atoms with E-state index in [-0.39, 0.29) is 5.92 Å². The van der Waals surface area contributed by atoms with Gasteiger partial charge in [-0.1, -0.05) is 13.0 Å². The summed E-state index contributed by atoms with van der Waals surface area (Å²) in [6.07, 6.45) is 2.92. The third-order valence-corrected chi connectivity index (χ3v) is 2.66. The fraction of sp³-hybridized carbons (Fsp3) is 0.444. The Balaban J connectivity index is 2.47. The maximum Gasteiger partial charge on any atom is 0.123 e. The predicted octanol–water partition coefficient (Wildman–Crippen LogP) is 2.52. The first-order valence-electron chi connectivity index (χ1n) is 3.84. The molecule has 0 spiro atoms. The van der Waals surface area contributed by atoms with Crippen LogP contribution >= 0.6 is 11.3 Å². The third kappa shape index (κ3) is 2.46. The summed E-state index contributed by atoms with van der Waals surface area (Å²) < 4.78 is 0. The van der Waals surface area contributed by atoms with Crippen molar-refractivity contribution in [1.82, 2.24) is 0 Å². The second-order valence-corrected chi connectivity index (χ2v) is 3.62. The Bertz CT molecular complexity index is 203. The molecule has 0 amide bonds. The fourth-order valence-corrected chi connectivity index (χ4v) is 1.78. The molecule has 0 N–H and O–H groups in total. The molecule has 1 atom stereocenters. The molecule has 11 heavy (non-hydrogen) atoms. The highest BCUT2D eigenvalue weighted by molar-refractivity contribution is 7.09. The molecule has 60 valence electrons. The van der Waals surface area contributed by atoms with Crippen molar-refractivity contribution in [3.63, 3.8) is 0 Å². The lowest BCUT2D eigenvalue weighted by Gasteiger charge is -2.02. The third-order valence-electron chi connectivity index (χ3n) is 1.76. The molecule has 0 aliphatic heterocycles. The summed E-state index contributed by atoms with van der Waals surface area (Å²) in [6, 6.07) is 4.11. The van der Waals surface area contributed by atoms with Crippen LogP contribution in [0.2, 0.25) is 0 Å². The van der Waals surface area contributed by atoms with Gasteiger partial charge in [0.1, 0.15) is 6.29 Å². The molecule has 1 aromatic heterocycles. The van der Waals surface area contributed by atoms with E-state index >= 15 is 0 Å². The molecule has 0 aliphatic rings. The molecule has 1 rings (SSSR count). The minimum Gasteiger partial charge on any atom is -0.303 e. The molecule has 1 heterocycles. The van der Waals surface area contributed by atoms with Crippen LogP contribution < -0.4 is 0 Å². The maximum absolute atomic E-state index is 10.5. The van der Waals surface area contributed by atoms with Crippen molar-refractivity contribution in [2.24, 2.45) is 5.92 Å². The van der Waals surface area contributed by atoms with Gasteiger partial charge in [0.05, 0.1) is 0 Å². The van der Waals surface area contributed by atoms with Crippen molar-refractivity contribution in [3.05, 3.63) is 22.4 Å². The van der Waals surface area contributed by atoms with Crippen LogP contribution in [-0.2, 0) is 11.2 Å². The molecule has 0 fully saturated rings. The van der Waals surface area contributed by atoms with Crippen LogP contribution in [-0.4, -0.2) is 6.29 Å². The van der Waals surface area contributed by atoms with Crippen LogP contribution in [0, 0.1) is 5.92 Å². The van der Waals surface area contributed by atoms with Crippen LogP contribution in [0.15, 0.2) is 17.5 Å². The fourth-order valence-electron chi connectivity index (χ4n) is 0.976. The summed E-state index contributed by atoms with van der Waals surface area (Å²) in [5, 5.41) is 2.05. The first-order chi connectivity index (χ1) is 5.36. The maximum atomic E-state index is 10.5. The average Bonchev–Trinajstić information content (AvgIpc) is 2.52. The zero-order valence-electron chi connectivity index (χ0n) is 6.62. The molecular formula is C9H12OS. The zero-order chi connectivity index (χ0) is 8.10. The van der Waals surface area contributed by atoms with Crippen molar-refractivity contribution in [3.8, 4) is 0 Å². The Kier molecular flexibility index (Phi) is 3.30. The van der Waals surface area contributed by atoms with Gasteiger partial charge < -0.3 is 4.79 Å². The minimum atomic E-state index is 0.216. The van der Waals surface area contributed by atoms with E-state index in [0.29, 0.717) is 0 Å². The molecule has 0 bridgehead atoms. The zero-order valence-corrected chi connectivity index (χ0v) is 7.43.